The number of benzene rings is 2. The summed E-state index contributed by atoms with van der Waals surface area (Å²) in [6, 6.07) is 12.9. The highest BCUT2D eigenvalue weighted by atomic mass is 32.2. The van der Waals surface area contributed by atoms with Crippen LogP contribution in [-0.4, -0.2) is 42.3 Å². The molecule has 0 aromatic heterocycles. The van der Waals surface area contributed by atoms with E-state index in [9.17, 15) is 8.42 Å². The first-order valence-electron chi connectivity index (χ1n) is 9.09. The molecule has 146 valence electrons. The maximum atomic E-state index is 12.5. The lowest BCUT2D eigenvalue weighted by molar-refractivity contribution is 0.354. The third-order valence-corrected chi connectivity index (χ3v) is 6.24. The number of rotatable bonds is 8. The number of ether oxygens (including phenoxy) is 2. The van der Waals surface area contributed by atoms with Gasteiger partial charge in [-0.15, -0.1) is 0 Å². The van der Waals surface area contributed by atoms with E-state index in [0.717, 1.165) is 18.7 Å². The van der Waals surface area contributed by atoms with Crippen molar-refractivity contribution in [1.82, 2.24) is 4.72 Å². The minimum Gasteiger partial charge on any atom is -0.493 e. The molecule has 1 saturated heterocycles. The Labute approximate surface area is 161 Å². The molecule has 1 aliphatic rings. The molecular formula is C20H26N2O4S. The summed E-state index contributed by atoms with van der Waals surface area (Å²) < 4.78 is 38.0. The highest BCUT2D eigenvalue weighted by Crippen LogP contribution is 2.29. The zero-order valence-electron chi connectivity index (χ0n) is 15.8. The van der Waals surface area contributed by atoms with E-state index in [1.807, 2.05) is 0 Å². The summed E-state index contributed by atoms with van der Waals surface area (Å²) in [5.74, 6) is 0.882. The molecule has 0 radical (unpaired) electrons. The van der Waals surface area contributed by atoms with Crippen molar-refractivity contribution < 1.29 is 17.9 Å². The molecule has 0 spiro atoms. The second kappa shape index (κ2) is 8.63. The van der Waals surface area contributed by atoms with E-state index in [2.05, 4.69) is 33.9 Å². The molecule has 1 N–H and O–H groups in total. The van der Waals surface area contributed by atoms with Crippen LogP contribution in [0, 0.1) is 0 Å². The van der Waals surface area contributed by atoms with Gasteiger partial charge in [-0.1, -0.05) is 12.1 Å². The SMILES string of the molecule is COc1ccc(S(=O)(=O)NCCc2ccc(N3CCCC3)cc2)cc1OC. The molecule has 0 amide bonds. The van der Waals surface area contributed by atoms with Crippen LogP contribution < -0.4 is 19.1 Å². The molecule has 2 aromatic carbocycles. The summed E-state index contributed by atoms with van der Waals surface area (Å²) in [5, 5.41) is 0. The lowest BCUT2D eigenvalue weighted by Gasteiger charge is -2.17. The van der Waals surface area contributed by atoms with Gasteiger partial charge in [0.15, 0.2) is 11.5 Å². The Morgan fingerprint density at radius 2 is 1.63 bits per heavy atom. The van der Waals surface area contributed by atoms with Gasteiger partial charge < -0.3 is 14.4 Å². The summed E-state index contributed by atoms with van der Waals surface area (Å²) >= 11 is 0. The predicted octanol–water partition coefficient (Wildman–Crippen LogP) is 2.83. The Hall–Kier alpha value is -2.25. The number of anilines is 1. The molecule has 0 aliphatic carbocycles. The maximum Gasteiger partial charge on any atom is 0.240 e. The molecule has 0 atom stereocenters. The van der Waals surface area contributed by atoms with Crippen LogP contribution in [0.5, 0.6) is 11.5 Å². The van der Waals surface area contributed by atoms with Gasteiger partial charge in [-0.05, 0) is 49.1 Å². The van der Waals surface area contributed by atoms with Crippen molar-refractivity contribution in [2.75, 3.05) is 38.8 Å². The van der Waals surface area contributed by atoms with Gasteiger partial charge in [-0.2, -0.15) is 0 Å². The Morgan fingerprint density at radius 1 is 0.963 bits per heavy atom. The van der Waals surface area contributed by atoms with Crippen LogP contribution in [0.3, 0.4) is 0 Å². The van der Waals surface area contributed by atoms with Gasteiger partial charge in [-0.3, -0.25) is 0 Å². The fraction of sp³-hybridized carbons (Fsp3) is 0.400. The lowest BCUT2D eigenvalue weighted by Crippen LogP contribution is -2.26. The highest BCUT2D eigenvalue weighted by Gasteiger charge is 2.17. The van der Waals surface area contributed by atoms with E-state index in [1.165, 1.54) is 44.9 Å². The van der Waals surface area contributed by atoms with Crippen LogP contribution in [-0.2, 0) is 16.4 Å². The molecule has 27 heavy (non-hydrogen) atoms. The van der Waals surface area contributed by atoms with Gasteiger partial charge in [0, 0.05) is 31.4 Å². The molecular weight excluding hydrogens is 364 g/mol. The fourth-order valence-electron chi connectivity index (χ4n) is 3.25. The van der Waals surface area contributed by atoms with Gasteiger partial charge in [0.1, 0.15) is 0 Å². The van der Waals surface area contributed by atoms with Gasteiger partial charge in [0.05, 0.1) is 19.1 Å². The van der Waals surface area contributed by atoms with E-state index in [0.29, 0.717) is 24.5 Å². The second-order valence-corrected chi connectivity index (χ2v) is 8.29. The van der Waals surface area contributed by atoms with E-state index in [1.54, 1.807) is 6.07 Å². The summed E-state index contributed by atoms with van der Waals surface area (Å²) in [7, 11) is -0.610. The number of nitrogens with zero attached hydrogens (tertiary/aromatic N) is 1. The van der Waals surface area contributed by atoms with Crippen molar-refractivity contribution >= 4 is 15.7 Å². The van der Waals surface area contributed by atoms with Crippen LogP contribution in [0.15, 0.2) is 47.4 Å². The Bertz CT molecular complexity index is 860. The first-order chi connectivity index (χ1) is 13.0. The molecule has 1 fully saturated rings. The second-order valence-electron chi connectivity index (χ2n) is 6.53. The zero-order chi connectivity index (χ0) is 19.3. The van der Waals surface area contributed by atoms with Crippen molar-refractivity contribution in [3.8, 4) is 11.5 Å². The summed E-state index contributed by atoms with van der Waals surface area (Å²) in [5.41, 5.74) is 2.34. The number of methoxy groups -OCH3 is 2. The van der Waals surface area contributed by atoms with E-state index in [4.69, 9.17) is 9.47 Å². The molecule has 1 heterocycles. The van der Waals surface area contributed by atoms with Gasteiger partial charge in [0.25, 0.3) is 0 Å². The minimum atomic E-state index is -3.60. The Kier molecular flexibility index (Phi) is 6.23. The van der Waals surface area contributed by atoms with Crippen molar-refractivity contribution in [1.29, 1.82) is 0 Å². The average Bonchev–Trinajstić information content (AvgIpc) is 3.22. The third kappa shape index (κ3) is 4.73. The Morgan fingerprint density at radius 3 is 2.26 bits per heavy atom. The van der Waals surface area contributed by atoms with Crippen molar-refractivity contribution in [3.63, 3.8) is 0 Å². The highest BCUT2D eigenvalue weighted by molar-refractivity contribution is 7.89. The van der Waals surface area contributed by atoms with Gasteiger partial charge in [0.2, 0.25) is 10.0 Å². The normalized spacial score (nSPS) is 14.4. The number of sulfonamides is 1. The van der Waals surface area contributed by atoms with E-state index < -0.39 is 10.0 Å². The van der Waals surface area contributed by atoms with Crippen LogP contribution in [0.1, 0.15) is 18.4 Å². The van der Waals surface area contributed by atoms with Crippen LogP contribution in [0.2, 0.25) is 0 Å². The minimum absolute atomic E-state index is 0.157. The van der Waals surface area contributed by atoms with E-state index in [-0.39, 0.29) is 4.90 Å². The van der Waals surface area contributed by atoms with E-state index >= 15 is 0 Å². The fourth-order valence-corrected chi connectivity index (χ4v) is 4.29. The molecule has 2 aromatic rings. The summed E-state index contributed by atoms with van der Waals surface area (Å²) in [4.78, 5) is 2.54. The summed E-state index contributed by atoms with van der Waals surface area (Å²) in [6.45, 7) is 2.56. The van der Waals surface area contributed by atoms with Gasteiger partial charge in [-0.25, -0.2) is 13.1 Å². The van der Waals surface area contributed by atoms with Crippen LogP contribution in [0.4, 0.5) is 5.69 Å². The van der Waals surface area contributed by atoms with Crippen LogP contribution in [0.25, 0.3) is 0 Å². The summed E-state index contributed by atoms with van der Waals surface area (Å²) in [6.07, 6.45) is 3.13. The maximum absolute atomic E-state index is 12.5. The standard InChI is InChI=1S/C20H26N2O4S/c1-25-19-10-9-18(15-20(19)26-2)27(23,24)21-12-11-16-5-7-17(8-6-16)22-13-3-4-14-22/h5-10,15,21H,3-4,11-14H2,1-2H3. The third-order valence-electron chi connectivity index (χ3n) is 4.78. The molecule has 7 heteroatoms. The monoisotopic (exact) mass is 390 g/mol. The van der Waals surface area contributed by atoms with Crippen LogP contribution >= 0.6 is 0 Å². The molecule has 0 bridgehead atoms. The van der Waals surface area contributed by atoms with Crippen molar-refractivity contribution in [2.24, 2.45) is 0 Å². The molecule has 0 unspecified atom stereocenters. The number of hydrogen-bond acceptors (Lipinski definition) is 5. The molecule has 3 rings (SSSR count). The smallest absolute Gasteiger partial charge is 0.240 e. The lowest BCUT2D eigenvalue weighted by atomic mass is 10.1. The van der Waals surface area contributed by atoms with Crippen molar-refractivity contribution in [3.05, 3.63) is 48.0 Å². The predicted molar refractivity (Wildman–Crippen MR) is 106 cm³/mol. The zero-order valence-corrected chi connectivity index (χ0v) is 16.6. The van der Waals surface area contributed by atoms with Gasteiger partial charge >= 0.3 is 0 Å². The number of nitrogens with one attached hydrogen (secondary N) is 1. The Balaban J connectivity index is 1.59. The topological polar surface area (TPSA) is 67.9 Å². The molecule has 1 aliphatic heterocycles. The van der Waals surface area contributed by atoms with Crippen molar-refractivity contribution in [2.45, 2.75) is 24.2 Å². The first-order valence-corrected chi connectivity index (χ1v) is 10.6. The largest absolute Gasteiger partial charge is 0.493 e. The quantitative estimate of drug-likeness (QED) is 0.751. The molecule has 6 nitrogen and oxygen atoms in total. The average molecular weight is 391 g/mol. The molecule has 0 saturated carbocycles. The number of hydrogen-bond donors (Lipinski definition) is 1. The first kappa shape index (κ1) is 19.5.